The quantitative estimate of drug-likeness (QED) is 0.619. The predicted octanol–water partition coefficient (Wildman–Crippen LogP) is 4.26. The van der Waals surface area contributed by atoms with Crippen molar-refractivity contribution in [3.63, 3.8) is 0 Å². The van der Waals surface area contributed by atoms with Crippen LogP contribution in [0.1, 0.15) is 13.8 Å². The number of aromatic nitrogens is 2. The molecule has 2 aromatic carbocycles. The number of ether oxygens (including phenoxy) is 1. The van der Waals surface area contributed by atoms with Gasteiger partial charge in [0, 0.05) is 23.4 Å². The van der Waals surface area contributed by atoms with Crippen molar-refractivity contribution < 1.29 is 21.9 Å². The van der Waals surface area contributed by atoms with Gasteiger partial charge in [-0.15, -0.1) is 10.2 Å². The van der Waals surface area contributed by atoms with Gasteiger partial charge < -0.3 is 4.74 Å². The lowest BCUT2D eigenvalue weighted by atomic mass is 10.1. The molecule has 3 rings (SSSR count). The molecule has 0 aliphatic heterocycles. The Morgan fingerprint density at radius 2 is 1.72 bits per heavy atom. The number of hydrogen-bond acceptors (Lipinski definition) is 5. The Balaban J connectivity index is 1.73. The van der Waals surface area contributed by atoms with Crippen LogP contribution < -0.4 is 9.46 Å². The van der Waals surface area contributed by atoms with Crippen LogP contribution in [0.25, 0.3) is 11.3 Å². The maximum atomic E-state index is 13.8. The number of anilines is 1. The van der Waals surface area contributed by atoms with Gasteiger partial charge in [0.2, 0.25) is 5.88 Å². The molecule has 1 heterocycles. The van der Waals surface area contributed by atoms with Gasteiger partial charge in [-0.3, -0.25) is 4.72 Å². The van der Waals surface area contributed by atoms with Gasteiger partial charge >= 0.3 is 0 Å². The topological polar surface area (TPSA) is 81.2 Å². The molecule has 0 spiro atoms. The fraction of sp³-hybridized carbons (Fsp3) is 0.200. The average molecular weight is 419 g/mol. The summed E-state index contributed by atoms with van der Waals surface area (Å²) in [6, 6.07) is 12.1. The summed E-state index contributed by atoms with van der Waals surface area (Å²) in [5.41, 5.74) is 1.52. The van der Waals surface area contributed by atoms with Crippen LogP contribution in [0.2, 0.25) is 0 Å². The molecular weight excluding hydrogens is 400 g/mol. The molecule has 0 radical (unpaired) electrons. The number of benzene rings is 2. The normalized spacial score (nSPS) is 11.5. The van der Waals surface area contributed by atoms with Gasteiger partial charge in [-0.2, -0.15) is 0 Å². The van der Waals surface area contributed by atoms with Crippen molar-refractivity contribution in [2.45, 2.75) is 18.7 Å². The molecule has 0 saturated heterocycles. The van der Waals surface area contributed by atoms with E-state index in [1.807, 2.05) is 13.8 Å². The van der Waals surface area contributed by atoms with Gasteiger partial charge in [-0.1, -0.05) is 26.0 Å². The second-order valence-electron chi connectivity index (χ2n) is 6.72. The van der Waals surface area contributed by atoms with Crippen LogP contribution in [0.3, 0.4) is 0 Å². The van der Waals surface area contributed by atoms with Crippen LogP contribution in [-0.2, 0) is 10.0 Å². The highest BCUT2D eigenvalue weighted by molar-refractivity contribution is 7.92. The molecule has 3 aromatic rings. The summed E-state index contributed by atoms with van der Waals surface area (Å²) in [5, 5.41) is 8.11. The SMILES string of the molecule is CC(C)COc1ccc(-c2ccc(NS(=O)(=O)c3ccc(F)cc3F)cc2)nn1. The van der Waals surface area contributed by atoms with Gasteiger partial charge in [0.1, 0.15) is 16.5 Å². The van der Waals surface area contributed by atoms with E-state index in [0.717, 1.165) is 12.1 Å². The van der Waals surface area contributed by atoms with Crippen molar-refractivity contribution in [1.82, 2.24) is 10.2 Å². The monoisotopic (exact) mass is 419 g/mol. The molecule has 0 aliphatic rings. The number of nitrogens with zero attached hydrogens (tertiary/aromatic N) is 2. The Labute approximate surface area is 167 Å². The van der Waals surface area contributed by atoms with Gasteiger partial charge in [-0.25, -0.2) is 17.2 Å². The number of hydrogen-bond donors (Lipinski definition) is 1. The molecule has 0 fully saturated rings. The first-order valence-corrected chi connectivity index (χ1v) is 10.3. The standard InChI is InChI=1S/C20H19F2N3O3S/c1-13(2)12-28-20-10-8-18(23-24-20)14-3-6-16(7-4-14)25-29(26,27)19-9-5-15(21)11-17(19)22/h3-11,13,25H,12H2,1-2H3. The van der Waals surface area contributed by atoms with E-state index in [0.29, 0.717) is 35.7 Å². The molecule has 0 unspecified atom stereocenters. The summed E-state index contributed by atoms with van der Waals surface area (Å²) in [6.45, 7) is 4.60. The number of sulfonamides is 1. The first kappa shape index (κ1) is 20.7. The van der Waals surface area contributed by atoms with Crippen molar-refractivity contribution in [3.05, 3.63) is 66.2 Å². The Bertz CT molecular complexity index is 1090. The number of nitrogens with one attached hydrogen (secondary N) is 1. The molecule has 29 heavy (non-hydrogen) atoms. The van der Waals surface area contributed by atoms with Gasteiger partial charge in [0.15, 0.2) is 0 Å². The van der Waals surface area contributed by atoms with Crippen LogP contribution in [0.5, 0.6) is 5.88 Å². The third-order valence-corrected chi connectivity index (χ3v) is 5.24. The van der Waals surface area contributed by atoms with Crippen molar-refractivity contribution >= 4 is 15.7 Å². The second-order valence-corrected chi connectivity index (χ2v) is 8.37. The first-order valence-electron chi connectivity index (χ1n) is 8.79. The summed E-state index contributed by atoms with van der Waals surface area (Å²) >= 11 is 0. The molecule has 0 amide bonds. The third kappa shape index (κ3) is 5.26. The van der Waals surface area contributed by atoms with Crippen molar-refractivity contribution in [2.75, 3.05) is 11.3 Å². The molecule has 152 valence electrons. The van der Waals surface area contributed by atoms with Gasteiger partial charge in [0.05, 0.1) is 12.3 Å². The minimum absolute atomic E-state index is 0.224. The molecule has 1 aromatic heterocycles. The maximum Gasteiger partial charge on any atom is 0.264 e. The zero-order valence-electron chi connectivity index (χ0n) is 15.8. The molecule has 0 bridgehead atoms. The summed E-state index contributed by atoms with van der Waals surface area (Å²) in [7, 11) is -4.19. The van der Waals surface area contributed by atoms with Crippen LogP contribution in [0.15, 0.2) is 59.5 Å². The summed E-state index contributed by atoms with van der Waals surface area (Å²) in [6.07, 6.45) is 0. The lowest BCUT2D eigenvalue weighted by Gasteiger charge is -2.10. The van der Waals surface area contributed by atoms with E-state index in [-0.39, 0.29) is 5.69 Å². The highest BCUT2D eigenvalue weighted by atomic mass is 32.2. The highest BCUT2D eigenvalue weighted by Gasteiger charge is 2.19. The number of rotatable bonds is 7. The molecule has 0 atom stereocenters. The lowest BCUT2D eigenvalue weighted by Crippen LogP contribution is -2.14. The summed E-state index contributed by atoms with van der Waals surface area (Å²) in [4.78, 5) is -0.633. The second kappa shape index (κ2) is 8.52. The minimum atomic E-state index is -4.19. The van der Waals surface area contributed by atoms with E-state index in [4.69, 9.17) is 4.74 Å². The number of halogens is 2. The minimum Gasteiger partial charge on any atom is -0.476 e. The fourth-order valence-electron chi connectivity index (χ4n) is 2.42. The van der Waals surface area contributed by atoms with Crippen LogP contribution in [0.4, 0.5) is 14.5 Å². The molecule has 0 aliphatic carbocycles. The fourth-order valence-corrected chi connectivity index (χ4v) is 3.53. The van der Waals surface area contributed by atoms with Crippen molar-refractivity contribution in [1.29, 1.82) is 0 Å². The van der Waals surface area contributed by atoms with E-state index in [1.165, 1.54) is 12.1 Å². The zero-order valence-corrected chi connectivity index (χ0v) is 16.6. The van der Waals surface area contributed by atoms with Crippen molar-refractivity contribution in [2.24, 2.45) is 5.92 Å². The van der Waals surface area contributed by atoms with E-state index in [9.17, 15) is 17.2 Å². The first-order chi connectivity index (χ1) is 13.7. The Morgan fingerprint density at radius 1 is 1.00 bits per heavy atom. The molecular formula is C20H19F2N3O3S. The largest absolute Gasteiger partial charge is 0.476 e. The van der Waals surface area contributed by atoms with E-state index < -0.39 is 26.6 Å². The van der Waals surface area contributed by atoms with E-state index in [2.05, 4.69) is 14.9 Å². The lowest BCUT2D eigenvalue weighted by molar-refractivity contribution is 0.258. The molecule has 6 nitrogen and oxygen atoms in total. The Morgan fingerprint density at radius 3 is 2.31 bits per heavy atom. The molecule has 9 heteroatoms. The molecule has 1 N–H and O–H groups in total. The van der Waals surface area contributed by atoms with E-state index in [1.54, 1.807) is 24.3 Å². The average Bonchev–Trinajstić information content (AvgIpc) is 2.67. The summed E-state index contributed by atoms with van der Waals surface area (Å²) in [5.74, 6) is -1.22. The predicted molar refractivity (Wildman–Crippen MR) is 105 cm³/mol. The smallest absolute Gasteiger partial charge is 0.264 e. The van der Waals surface area contributed by atoms with Gasteiger partial charge in [0.25, 0.3) is 10.0 Å². The maximum absolute atomic E-state index is 13.8. The zero-order chi connectivity index (χ0) is 21.0. The van der Waals surface area contributed by atoms with Crippen LogP contribution in [-0.4, -0.2) is 25.2 Å². The Hall–Kier alpha value is -3.07. The molecule has 0 saturated carbocycles. The van der Waals surface area contributed by atoms with Crippen molar-refractivity contribution in [3.8, 4) is 17.1 Å². The van der Waals surface area contributed by atoms with Crippen LogP contribution in [0, 0.1) is 17.6 Å². The van der Waals surface area contributed by atoms with Gasteiger partial charge in [-0.05, 0) is 36.2 Å². The third-order valence-electron chi connectivity index (χ3n) is 3.82. The van der Waals surface area contributed by atoms with E-state index >= 15 is 0 Å². The highest BCUT2D eigenvalue weighted by Crippen LogP contribution is 2.23. The summed E-state index contributed by atoms with van der Waals surface area (Å²) < 4.78 is 59.2. The van der Waals surface area contributed by atoms with Crippen LogP contribution >= 0.6 is 0 Å². The Kier molecular flexibility index (Phi) is 6.07.